The van der Waals surface area contributed by atoms with E-state index in [9.17, 15) is 0 Å². The number of benzene rings is 6. The minimum atomic E-state index is -0.00943. The van der Waals surface area contributed by atoms with E-state index >= 15 is 0 Å². The van der Waals surface area contributed by atoms with Crippen molar-refractivity contribution in [2.75, 3.05) is 4.90 Å². The maximum absolute atomic E-state index is 2.54. The van der Waals surface area contributed by atoms with Gasteiger partial charge in [0.2, 0.25) is 0 Å². The average molecular weight is 674 g/mol. The Hall–Kier alpha value is -5.44. The van der Waals surface area contributed by atoms with E-state index in [2.05, 4.69) is 177 Å². The summed E-state index contributed by atoms with van der Waals surface area (Å²) in [5, 5.41) is 5.24. The number of fused-ring (bicyclic) bond motifs is 6. The minimum absolute atomic E-state index is 0.00943. The molecule has 1 unspecified atom stereocenters. The number of thiophene rings is 1. The van der Waals surface area contributed by atoms with Gasteiger partial charge >= 0.3 is 0 Å². The van der Waals surface area contributed by atoms with E-state index in [-0.39, 0.29) is 11.3 Å². The molecule has 0 saturated heterocycles. The highest BCUT2D eigenvalue weighted by atomic mass is 32.1. The highest BCUT2D eigenvalue weighted by Gasteiger charge is 2.38. The molecule has 7 aromatic rings. The van der Waals surface area contributed by atoms with Crippen LogP contribution in [0.15, 0.2) is 163 Å². The largest absolute Gasteiger partial charge is 0.310 e. The maximum atomic E-state index is 2.54. The summed E-state index contributed by atoms with van der Waals surface area (Å²) in [6, 6.07) is 45.7. The summed E-state index contributed by atoms with van der Waals surface area (Å²) in [5.41, 5.74) is 13.3. The van der Waals surface area contributed by atoms with Crippen LogP contribution in [0.4, 0.5) is 17.1 Å². The van der Waals surface area contributed by atoms with Gasteiger partial charge in [0.05, 0.1) is 5.69 Å². The first-order chi connectivity index (χ1) is 25.0. The van der Waals surface area contributed by atoms with Crippen LogP contribution in [0.2, 0.25) is 0 Å². The van der Waals surface area contributed by atoms with Gasteiger partial charge in [-0.3, -0.25) is 0 Å². The average Bonchev–Trinajstić information content (AvgIpc) is 3.66. The quantitative estimate of drug-likeness (QED) is 0.176. The van der Waals surface area contributed by atoms with E-state index in [4.69, 9.17) is 0 Å². The third-order valence-electron chi connectivity index (χ3n) is 11.5. The van der Waals surface area contributed by atoms with Gasteiger partial charge in [0.25, 0.3) is 0 Å². The zero-order valence-electron chi connectivity index (χ0n) is 29.1. The summed E-state index contributed by atoms with van der Waals surface area (Å²) in [4.78, 5) is 2.54. The van der Waals surface area contributed by atoms with Crippen LogP contribution < -0.4 is 4.90 Å². The Kier molecular flexibility index (Phi) is 7.05. The first kappa shape index (κ1) is 30.4. The smallest absolute Gasteiger partial charge is 0.0514 e. The second kappa shape index (κ2) is 11.8. The Balaban J connectivity index is 1.19. The zero-order valence-corrected chi connectivity index (χ0v) is 29.9. The fourth-order valence-electron chi connectivity index (χ4n) is 8.93. The van der Waals surface area contributed by atoms with Gasteiger partial charge in [-0.2, -0.15) is 0 Å². The molecule has 2 heteroatoms. The highest BCUT2D eigenvalue weighted by Crippen LogP contribution is 2.53. The number of rotatable bonds is 5. The van der Waals surface area contributed by atoms with E-state index in [1.165, 1.54) is 81.4 Å². The van der Waals surface area contributed by atoms with Crippen LogP contribution in [-0.2, 0) is 5.41 Å². The Morgan fingerprint density at radius 2 is 1.47 bits per heavy atom. The second-order valence-corrected chi connectivity index (χ2v) is 15.8. The summed E-state index contributed by atoms with van der Waals surface area (Å²) in [5.74, 6) is 0.288. The van der Waals surface area contributed by atoms with E-state index < -0.39 is 0 Å². The van der Waals surface area contributed by atoms with Crippen molar-refractivity contribution in [3.05, 3.63) is 180 Å². The van der Waals surface area contributed by atoms with Gasteiger partial charge in [-0.05, 0) is 106 Å². The first-order valence-electron chi connectivity index (χ1n) is 18.3. The van der Waals surface area contributed by atoms with Crippen LogP contribution in [0.25, 0.3) is 47.6 Å². The number of allylic oxidation sites excluding steroid dienone is 8. The van der Waals surface area contributed by atoms with E-state index in [1.807, 2.05) is 11.3 Å². The molecule has 0 spiro atoms. The third kappa shape index (κ3) is 4.88. The van der Waals surface area contributed by atoms with Gasteiger partial charge in [0.1, 0.15) is 0 Å². The summed E-state index contributed by atoms with van der Waals surface area (Å²) in [6.07, 6.45) is 17.1. The lowest BCUT2D eigenvalue weighted by Crippen LogP contribution is -2.19. The van der Waals surface area contributed by atoms with Crippen LogP contribution in [0.3, 0.4) is 0 Å². The summed E-state index contributed by atoms with van der Waals surface area (Å²) in [6.45, 7) is 4.85. The van der Waals surface area contributed by atoms with Crippen molar-refractivity contribution in [3.8, 4) is 11.1 Å². The zero-order chi connectivity index (χ0) is 34.1. The summed E-state index contributed by atoms with van der Waals surface area (Å²) < 4.78 is 2.66. The first-order valence-corrected chi connectivity index (χ1v) is 19.1. The van der Waals surface area contributed by atoms with Crippen LogP contribution >= 0.6 is 11.3 Å². The molecule has 0 amide bonds. The molecule has 3 aliphatic carbocycles. The molecular weight excluding hydrogens is 635 g/mol. The molecule has 1 atom stereocenters. The van der Waals surface area contributed by atoms with Crippen LogP contribution in [-0.4, -0.2) is 0 Å². The lowest BCUT2D eigenvalue weighted by Gasteiger charge is -2.32. The fourth-order valence-corrected chi connectivity index (χ4v) is 10.0. The Morgan fingerprint density at radius 3 is 2.33 bits per heavy atom. The lowest BCUT2D eigenvalue weighted by molar-refractivity contribution is 0.607. The molecule has 3 aliphatic rings. The molecule has 0 bridgehead atoms. The molecule has 1 heterocycles. The van der Waals surface area contributed by atoms with Gasteiger partial charge < -0.3 is 4.90 Å². The number of anilines is 3. The van der Waals surface area contributed by atoms with Crippen molar-refractivity contribution in [2.45, 2.75) is 44.4 Å². The Bertz CT molecular complexity index is 2640. The van der Waals surface area contributed by atoms with Gasteiger partial charge in [-0.1, -0.05) is 135 Å². The molecule has 246 valence electrons. The minimum Gasteiger partial charge on any atom is -0.310 e. The lowest BCUT2D eigenvalue weighted by atomic mass is 9.78. The molecule has 6 aromatic carbocycles. The maximum Gasteiger partial charge on any atom is 0.0514 e. The van der Waals surface area contributed by atoms with Crippen molar-refractivity contribution in [2.24, 2.45) is 0 Å². The second-order valence-electron chi connectivity index (χ2n) is 14.8. The van der Waals surface area contributed by atoms with Gasteiger partial charge in [-0.25, -0.2) is 0 Å². The fraction of sp³-hybridized carbons (Fsp3) is 0.143. The van der Waals surface area contributed by atoms with E-state index in [1.54, 1.807) is 5.57 Å². The summed E-state index contributed by atoms with van der Waals surface area (Å²) >= 11 is 1.90. The number of nitrogens with zero attached hydrogens (tertiary/aromatic N) is 1. The predicted octanol–water partition coefficient (Wildman–Crippen LogP) is 14.3. The standard InChI is InChI=1S/C49H39NS/c1-49(2)44-21-10-8-18-39(44)40-28-27-36(29-45(40)49)50(35-25-23-34(24-26-35)38-20-12-16-32-15-6-7-17-37(32)38)46-31-48-43(41-19-9-11-22-47(41)51-48)30-42(46)33-13-4-3-5-14-33/h3-9,11-13,15-20,22-31,33H,10,14,21H2,1-2H3. The third-order valence-corrected chi connectivity index (χ3v) is 12.7. The molecule has 51 heavy (non-hydrogen) atoms. The molecule has 0 radical (unpaired) electrons. The normalized spacial score (nSPS) is 17.4. The van der Waals surface area contributed by atoms with E-state index in [0.29, 0.717) is 0 Å². The summed E-state index contributed by atoms with van der Waals surface area (Å²) in [7, 11) is 0. The van der Waals surface area contributed by atoms with Crippen LogP contribution in [0.5, 0.6) is 0 Å². The van der Waals surface area contributed by atoms with Crippen LogP contribution in [0.1, 0.15) is 55.7 Å². The molecular formula is C49H39NS. The molecule has 0 saturated carbocycles. The number of hydrogen-bond donors (Lipinski definition) is 0. The SMILES string of the molecule is CC1(C)C2=C(C=CCC2)c2ccc(N(c3ccc(-c4cccc5ccccc45)cc3)c3cc4sc5ccccc5c4cc3C3C=CC=CC3)cc21. The van der Waals surface area contributed by atoms with Crippen molar-refractivity contribution >= 4 is 64.9 Å². The molecule has 0 N–H and O–H groups in total. The van der Waals surface area contributed by atoms with Crippen molar-refractivity contribution < 1.29 is 0 Å². The highest BCUT2D eigenvalue weighted by molar-refractivity contribution is 7.25. The number of hydrogen-bond acceptors (Lipinski definition) is 2. The molecule has 1 aromatic heterocycles. The predicted molar refractivity (Wildman–Crippen MR) is 221 cm³/mol. The van der Waals surface area contributed by atoms with Crippen molar-refractivity contribution in [1.82, 2.24) is 0 Å². The Labute approximate surface area is 304 Å². The topological polar surface area (TPSA) is 3.24 Å². The van der Waals surface area contributed by atoms with Crippen LogP contribution in [0, 0.1) is 0 Å². The molecule has 10 rings (SSSR count). The van der Waals surface area contributed by atoms with Crippen molar-refractivity contribution in [3.63, 3.8) is 0 Å². The van der Waals surface area contributed by atoms with Gasteiger partial charge in [0, 0.05) is 42.9 Å². The molecule has 0 aliphatic heterocycles. The van der Waals surface area contributed by atoms with Crippen molar-refractivity contribution in [1.29, 1.82) is 0 Å². The monoisotopic (exact) mass is 673 g/mol. The van der Waals surface area contributed by atoms with Gasteiger partial charge in [0.15, 0.2) is 0 Å². The molecule has 0 fully saturated rings. The molecule has 1 nitrogen and oxygen atoms in total. The van der Waals surface area contributed by atoms with E-state index in [0.717, 1.165) is 19.3 Å². The van der Waals surface area contributed by atoms with Gasteiger partial charge in [-0.15, -0.1) is 11.3 Å². The Morgan fingerprint density at radius 1 is 0.667 bits per heavy atom.